The van der Waals surface area contributed by atoms with Crippen LogP contribution in [-0.4, -0.2) is 38.4 Å². The minimum Gasteiger partial charge on any atom is -0.466 e. The van der Waals surface area contributed by atoms with Crippen LogP contribution in [0.4, 0.5) is 0 Å². The van der Waals surface area contributed by atoms with Crippen LogP contribution in [0.25, 0.3) is 0 Å². The van der Waals surface area contributed by atoms with Crippen LogP contribution in [0.2, 0.25) is 0 Å². The first-order chi connectivity index (χ1) is 10.1. The molecular formula is C14H14O7. The monoisotopic (exact) mass is 294 g/mol. The van der Waals surface area contributed by atoms with Gasteiger partial charge in [-0.05, 0) is 12.1 Å². The molecule has 7 nitrogen and oxygen atoms in total. The largest absolute Gasteiger partial charge is 0.466 e. The summed E-state index contributed by atoms with van der Waals surface area (Å²) in [7, 11) is 2.33. The molecule has 0 aliphatic heterocycles. The molecule has 0 aromatic heterocycles. The maximum absolute atomic E-state index is 11.7. The predicted octanol–water partition coefficient (Wildman–Crippen LogP) is 0.837. The SMILES string of the molecule is COC(=O)C=CC(=O)OC(OC)C(=O)Oc1ccccc1. The molecule has 0 aliphatic rings. The van der Waals surface area contributed by atoms with Crippen molar-refractivity contribution in [2.45, 2.75) is 6.29 Å². The number of para-hydroxylation sites is 1. The van der Waals surface area contributed by atoms with Crippen molar-refractivity contribution in [1.82, 2.24) is 0 Å². The third kappa shape index (κ3) is 5.87. The van der Waals surface area contributed by atoms with Crippen LogP contribution < -0.4 is 4.74 Å². The Bertz CT molecular complexity index is 521. The Labute approximate surface area is 121 Å². The van der Waals surface area contributed by atoms with Crippen molar-refractivity contribution in [2.75, 3.05) is 14.2 Å². The summed E-state index contributed by atoms with van der Waals surface area (Å²) in [6.07, 6.45) is 0.130. The lowest BCUT2D eigenvalue weighted by molar-refractivity contribution is -0.186. The fourth-order valence-electron chi connectivity index (χ4n) is 1.19. The van der Waals surface area contributed by atoms with Gasteiger partial charge < -0.3 is 18.9 Å². The van der Waals surface area contributed by atoms with Crippen LogP contribution in [0, 0.1) is 0 Å². The highest BCUT2D eigenvalue weighted by Crippen LogP contribution is 2.10. The molecule has 0 bridgehead atoms. The van der Waals surface area contributed by atoms with Gasteiger partial charge in [0.1, 0.15) is 5.75 Å². The van der Waals surface area contributed by atoms with Gasteiger partial charge in [0.05, 0.1) is 7.11 Å². The van der Waals surface area contributed by atoms with E-state index in [1.54, 1.807) is 30.3 Å². The van der Waals surface area contributed by atoms with E-state index in [0.717, 1.165) is 19.3 Å². The molecule has 112 valence electrons. The third-order valence-electron chi connectivity index (χ3n) is 2.15. The standard InChI is InChI=1S/C14H14O7/c1-18-11(15)8-9-12(16)21-14(19-2)13(17)20-10-6-4-3-5-7-10/h3-9,14H,1-2H3. The van der Waals surface area contributed by atoms with Gasteiger partial charge in [0.15, 0.2) is 0 Å². The van der Waals surface area contributed by atoms with Crippen molar-refractivity contribution in [3.63, 3.8) is 0 Å². The summed E-state index contributed by atoms with van der Waals surface area (Å²) in [6.45, 7) is 0. The maximum atomic E-state index is 11.7. The zero-order valence-corrected chi connectivity index (χ0v) is 11.5. The molecule has 0 heterocycles. The number of ether oxygens (including phenoxy) is 4. The number of benzene rings is 1. The van der Waals surface area contributed by atoms with Gasteiger partial charge in [-0.3, -0.25) is 0 Å². The Kier molecular flexibility index (Phi) is 6.62. The summed E-state index contributed by atoms with van der Waals surface area (Å²) >= 11 is 0. The number of hydrogen-bond acceptors (Lipinski definition) is 7. The molecule has 1 unspecified atom stereocenters. The average Bonchev–Trinajstić information content (AvgIpc) is 2.51. The molecule has 0 fully saturated rings. The van der Waals surface area contributed by atoms with Crippen molar-refractivity contribution >= 4 is 17.9 Å². The molecule has 1 aromatic carbocycles. The third-order valence-corrected chi connectivity index (χ3v) is 2.15. The predicted molar refractivity (Wildman–Crippen MR) is 70.1 cm³/mol. The molecular weight excluding hydrogens is 280 g/mol. The summed E-state index contributed by atoms with van der Waals surface area (Å²) in [5, 5.41) is 0. The Morgan fingerprint density at radius 2 is 1.62 bits per heavy atom. The smallest absolute Gasteiger partial charge is 0.381 e. The minimum absolute atomic E-state index is 0.283. The lowest BCUT2D eigenvalue weighted by Gasteiger charge is -2.13. The zero-order valence-electron chi connectivity index (χ0n) is 11.5. The molecule has 0 amide bonds. The molecule has 21 heavy (non-hydrogen) atoms. The van der Waals surface area contributed by atoms with Crippen LogP contribution in [0.15, 0.2) is 42.5 Å². The van der Waals surface area contributed by atoms with E-state index in [1.165, 1.54) is 7.11 Å². The van der Waals surface area contributed by atoms with Gasteiger partial charge in [0.25, 0.3) is 0 Å². The van der Waals surface area contributed by atoms with E-state index in [4.69, 9.17) is 14.2 Å². The summed E-state index contributed by atoms with van der Waals surface area (Å²) in [5.41, 5.74) is 0. The molecule has 0 saturated heterocycles. The molecule has 1 rings (SSSR count). The topological polar surface area (TPSA) is 88.1 Å². The average molecular weight is 294 g/mol. The van der Waals surface area contributed by atoms with E-state index < -0.39 is 24.2 Å². The summed E-state index contributed by atoms with van der Waals surface area (Å²) in [6, 6.07) is 8.22. The second-order valence-corrected chi connectivity index (χ2v) is 3.60. The first kappa shape index (κ1) is 16.4. The molecule has 0 aliphatic carbocycles. The van der Waals surface area contributed by atoms with E-state index in [2.05, 4.69) is 4.74 Å². The van der Waals surface area contributed by atoms with Gasteiger partial charge in [-0.2, -0.15) is 0 Å². The van der Waals surface area contributed by atoms with Gasteiger partial charge in [-0.25, -0.2) is 14.4 Å². The van der Waals surface area contributed by atoms with Crippen molar-refractivity contribution in [1.29, 1.82) is 0 Å². The molecule has 0 radical (unpaired) electrons. The molecule has 7 heteroatoms. The number of esters is 3. The number of carbonyl (C=O) groups is 3. The molecule has 0 spiro atoms. The Morgan fingerprint density at radius 3 is 2.19 bits per heavy atom. The maximum Gasteiger partial charge on any atom is 0.381 e. The number of hydrogen-bond donors (Lipinski definition) is 0. The highest BCUT2D eigenvalue weighted by atomic mass is 16.7. The Balaban J connectivity index is 2.58. The van der Waals surface area contributed by atoms with Gasteiger partial charge in [0.2, 0.25) is 0 Å². The lowest BCUT2D eigenvalue weighted by Crippen LogP contribution is -2.32. The minimum atomic E-state index is -1.54. The molecule has 0 saturated carbocycles. The normalized spacial score (nSPS) is 11.7. The Morgan fingerprint density at radius 1 is 1.00 bits per heavy atom. The fraction of sp³-hybridized carbons (Fsp3) is 0.214. The van der Waals surface area contributed by atoms with Crippen molar-refractivity contribution in [2.24, 2.45) is 0 Å². The van der Waals surface area contributed by atoms with E-state index in [-0.39, 0.29) is 5.75 Å². The van der Waals surface area contributed by atoms with Gasteiger partial charge >= 0.3 is 24.2 Å². The highest BCUT2D eigenvalue weighted by Gasteiger charge is 2.24. The molecule has 1 aromatic rings. The summed E-state index contributed by atoms with van der Waals surface area (Å²) in [4.78, 5) is 33.9. The second kappa shape index (κ2) is 8.49. The molecule has 0 N–H and O–H groups in total. The van der Waals surface area contributed by atoms with Crippen molar-refractivity contribution < 1.29 is 33.3 Å². The van der Waals surface area contributed by atoms with Crippen molar-refractivity contribution in [3.8, 4) is 5.75 Å². The quantitative estimate of drug-likeness (QED) is 0.332. The number of methoxy groups -OCH3 is 2. The van der Waals surface area contributed by atoms with E-state index in [9.17, 15) is 14.4 Å². The zero-order chi connectivity index (χ0) is 15.7. The van der Waals surface area contributed by atoms with Crippen LogP contribution in [0.5, 0.6) is 5.75 Å². The van der Waals surface area contributed by atoms with Gasteiger partial charge in [0, 0.05) is 19.3 Å². The van der Waals surface area contributed by atoms with E-state index >= 15 is 0 Å². The van der Waals surface area contributed by atoms with E-state index in [0.29, 0.717) is 0 Å². The first-order valence-electron chi connectivity index (χ1n) is 5.83. The summed E-state index contributed by atoms with van der Waals surface area (Å²) < 4.78 is 18.7. The number of rotatable bonds is 6. The fourth-order valence-corrected chi connectivity index (χ4v) is 1.19. The first-order valence-corrected chi connectivity index (χ1v) is 5.83. The number of carbonyl (C=O) groups excluding carboxylic acids is 3. The highest BCUT2D eigenvalue weighted by molar-refractivity contribution is 5.92. The molecule has 1 atom stereocenters. The lowest BCUT2D eigenvalue weighted by atomic mass is 10.3. The van der Waals surface area contributed by atoms with E-state index in [1.807, 2.05) is 0 Å². The van der Waals surface area contributed by atoms with Crippen molar-refractivity contribution in [3.05, 3.63) is 42.5 Å². The van der Waals surface area contributed by atoms with Gasteiger partial charge in [-0.15, -0.1) is 0 Å². The van der Waals surface area contributed by atoms with Crippen LogP contribution >= 0.6 is 0 Å². The van der Waals surface area contributed by atoms with Gasteiger partial charge in [-0.1, -0.05) is 18.2 Å². The second-order valence-electron chi connectivity index (χ2n) is 3.60. The summed E-state index contributed by atoms with van der Waals surface area (Å²) in [5.74, 6) is -2.29. The van der Waals surface area contributed by atoms with Crippen LogP contribution in [-0.2, 0) is 28.6 Å². The van der Waals surface area contributed by atoms with Crippen LogP contribution in [0.1, 0.15) is 0 Å². The van der Waals surface area contributed by atoms with Crippen LogP contribution in [0.3, 0.4) is 0 Å². The Hall–Kier alpha value is -2.67.